The van der Waals surface area contributed by atoms with Crippen LogP contribution in [-0.2, 0) is 0 Å². The molecule has 0 aromatic heterocycles. The van der Waals surface area contributed by atoms with Gasteiger partial charge in [0.1, 0.15) is 5.75 Å². The summed E-state index contributed by atoms with van der Waals surface area (Å²) in [5.41, 5.74) is 2.24. The summed E-state index contributed by atoms with van der Waals surface area (Å²) in [5.74, 6) is 1.44. The van der Waals surface area contributed by atoms with Crippen LogP contribution in [0.15, 0.2) is 18.2 Å². The Balaban J connectivity index is 2.98. The maximum atomic E-state index is 10.4. The van der Waals surface area contributed by atoms with Crippen LogP contribution in [0.4, 0.5) is 0 Å². The van der Waals surface area contributed by atoms with Crippen LogP contribution in [0.5, 0.6) is 5.75 Å². The van der Waals surface area contributed by atoms with E-state index in [0.717, 1.165) is 36.8 Å². The second-order valence-corrected chi connectivity index (χ2v) is 5.16. The van der Waals surface area contributed by atoms with Gasteiger partial charge in [-0.3, -0.25) is 0 Å². The van der Waals surface area contributed by atoms with Crippen molar-refractivity contribution in [2.24, 2.45) is 0 Å². The highest BCUT2D eigenvalue weighted by molar-refractivity contribution is 5.43. The molecule has 0 aliphatic heterocycles. The lowest BCUT2D eigenvalue weighted by Crippen LogP contribution is -1.99. The number of phenols is 1. The Morgan fingerprint density at radius 1 is 0.941 bits per heavy atom. The molecule has 96 valence electrons. The Morgan fingerprint density at radius 2 is 1.35 bits per heavy atom. The molecule has 1 aromatic carbocycles. The summed E-state index contributed by atoms with van der Waals surface area (Å²) in [6.07, 6.45) is 4.60. The van der Waals surface area contributed by atoms with Crippen molar-refractivity contribution in [2.45, 2.75) is 65.2 Å². The molecule has 0 saturated heterocycles. The Hall–Kier alpha value is -0.980. The number of aromatic hydroxyl groups is 1. The van der Waals surface area contributed by atoms with Gasteiger partial charge in [-0.25, -0.2) is 0 Å². The fraction of sp³-hybridized carbons (Fsp3) is 0.625. The lowest BCUT2D eigenvalue weighted by Gasteiger charge is -2.18. The van der Waals surface area contributed by atoms with Gasteiger partial charge in [-0.2, -0.15) is 0 Å². The largest absolute Gasteiger partial charge is 0.507 e. The SMILES string of the molecule is CCC[C@@H](C)c1cccc([C@H](C)CCC)c1O. The van der Waals surface area contributed by atoms with Crippen LogP contribution in [0.3, 0.4) is 0 Å². The third-order valence-corrected chi connectivity index (χ3v) is 3.60. The quantitative estimate of drug-likeness (QED) is 0.717. The van der Waals surface area contributed by atoms with Crippen molar-refractivity contribution >= 4 is 0 Å². The van der Waals surface area contributed by atoms with Crippen LogP contribution in [0.1, 0.15) is 76.3 Å². The first-order valence-corrected chi connectivity index (χ1v) is 6.93. The number of hydrogen-bond donors (Lipinski definition) is 1. The molecule has 0 aliphatic carbocycles. The zero-order valence-corrected chi connectivity index (χ0v) is 11.7. The minimum absolute atomic E-state index is 0.453. The van der Waals surface area contributed by atoms with E-state index >= 15 is 0 Å². The van der Waals surface area contributed by atoms with E-state index in [1.165, 1.54) is 0 Å². The van der Waals surface area contributed by atoms with Crippen LogP contribution in [0.25, 0.3) is 0 Å². The van der Waals surface area contributed by atoms with Gasteiger partial charge >= 0.3 is 0 Å². The van der Waals surface area contributed by atoms with Crippen molar-refractivity contribution < 1.29 is 5.11 Å². The highest BCUT2D eigenvalue weighted by Gasteiger charge is 2.15. The average molecular weight is 234 g/mol. The molecule has 2 atom stereocenters. The number of phenolic OH excluding ortho intramolecular Hbond substituents is 1. The van der Waals surface area contributed by atoms with Gasteiger partial charge in [0.05, 0.1) is 0 Å². The van der Waals surface area contributed by atoms with Gasteiger partial charge in [-0.05, 0) is 35.8 Å². The molecular formula is C16H26O. The van der Waals surface area contributed by atoms with E-state index in [1.807, 2.05) is 0 Å². The van der Waals surface area contributed by atoms with E-state index in [4.69, 9.17) is 0 Å². The second-order valence-electron chi connectivity index (χ2n) is 5.16. The summed E-state index contributed by atoms with van der Waals surface area (Å²) in [4.78, 5) is 0. The molecule has 0 spiro atoms. The molecule has 0 radical (unpaired) electrons. The molecule has 0 saturated carbocycles. The maximum Gasteiger partial charge on any atom is 0.122 e. The van der Waals surface area contributed by atoms with Crippen LogP contribution < -0.4 is 0 Å². The first kappa shape index (κ1) is 14.1. The number of para-hydroxylation sites is 1. The van der Waals surface area contributed by atoms with Gasteiger partial charge < -0.3 is 5.11 Å². The molecule has 1 heteroatoms. The van der Waals surface area contributed by atoms with Gasteiger partial charge in [-0.15, -0.1) is 0 Å². The Morgan fingerprint density at radius 3 is 1.71 bits per heavy atom. The molecule has 17 heavy (non-hydrogen) atoms. The normalized spacial score (nSPS) is 14.6. The minimum atomic E-state index is 0.453. The molecule has 0 bridgehead atoms. The van der Waals surface area contributed by atoms with Gasteiger partial charge in [0, 0.05) is 0 Å². The van der Waals surface area contributed by atoms with Crippen LogP contribution >= 0.6 is 0 Å². The topological polar surface area (TPSA) is 20.2 Å². The van der Waals surface area contributed by atoms with E-state index in [0.29, 0.717) is 17.6 Å². The zero-order valence-electron chi connectivity index (χ0n) is 11.7. The molecule has 0 unspecified atom stereocenters. The lowest BCUT2D eigenvalue weighted by molar-refractivity contribution is 0.446. The van der Waals surface area contributed by atoms with E-state index in [1.54, 1.807) is 0 Å². The lowest BCUT2D eigenvalue weighted by atomic mass is 9.89. The molecule has 0 aliphatic rings. The Labute approximate surface area is 106 Å². The van der Waals surface area contributed by atoms with Crippen molar-refractivity contribution in [3.63, 3.8) is 0 Å². The first-order valence-electron chi connectivity index (χ1n) is 6.93. The Bertz CT molecular complexity index is 313. The summed E-state index contributed by atoms with van der Waals surface area (Å²) in [6, 6.07) is 6.22. The highest BCUT2D eigenvalue weighted by atomic mass is 16.3. The van der Waals surface area contributed by atoms with Crippen LogP contribution in [0, 0.1) is 0 Å². The summed E-state index contributed by atoms with van der Waals surface area (Å²) < 4.78 is 0. The summed E-state index contributed by atoms with van der Waals surface area (Å²) in [5, 5.41) is 10.4. The molecule has 1 nitrogen and oxygen atoms in total. The Kier molecular flexibility index (Phi) is 5.54. The smallest absolute Gasteiger partial charge is 0.122 e. The molecule has 1 rings (SSSR count). The van der Waals surface area contributed by atoms with Crippen molar-refractivity contribution in [1.82, 2.24) is 0 Å². The van der Waals surface area contributed by atoms with E-state index in [2.05, 4.69) is 45.9 Å². The standard InChI is InChI=1S/C16H26O/c1-5-8-12(3)14-10-7-11-15(16(14)17)13(4)9-6-2/h7,10-13,17H,5-6,8-9H2,1-4H3/t12-,13-/m1/s1. The first-order chi connectivity index (χ1) is 8.11. The summed E-state index contributed by atoms with van der Waals surface area (Å²) in [7, 11) is 0. The predicted molar refractivity (Wildman–Crippen MR) is 74.8 cm³/mol. The van der Waals surface area contributed by atoms with E-state index in [9.17, 15) is 5.11 Å². The van der Waals surface area contributed by atoms with Crippen molar-refractivity contribution in [3.8, 4) is 5.75 Å². The highest BCUT2D eigenvalue weighted by Crippen LogP contribution is 2.36. The molecule has 0 heterocycles. The maximum absolute atomic E-state index is 10.4. The molecule has 0 amide bonds. The fourth-order valence-corrected chi connectivity index (χ4v) is 2.55. The third-order valence-electron chi connectivity index (χ3n) is 3.60. The fourth-order valence-electron chi connectivity index (χ4n) is 2.55. The molecule has 0 fully saturated rings. The summed E-state index contributed by atoms with van der Waals surface area (Å²) in [6.45, 7) is 8.79. The van der Waals surface area contributed by atoms with E-state index in [-0.39, 0.29) is 0 Å². The molecule has 1 aromatic rings. The van der Waals surface area contributed by atoms with Gasteiger partial charge in [0.15, 0.2) is 0 Å². The minimum Gasteiger partial charge on any atom is -0.507 e. The zero-order chi connectivity index (χ0) is 12.8. The summed E-state index contributed by atoms with van der Waals surface area (Å²) >= 11 is 0. The van der Waals surface area contributed by atoms with Crippen LogP contribution in [-0.4, -0.2) is 5.11 Å². The van der Waals surface area contributed by atoms with Crippen LogP contribution in [0.2, 0.25) is 0 Å². The second kappa shape index (κ2) is 6.68. The van der Waals surface area contributed by atoms with Crippen molar-refractivity contribution in [1.29, 1.82) is 0 Å². The van der Waals surface area contributed by atoms with Gasteiger partial charge in [0.25, 0.3) is 0 Å². The van der Waals surface area contributed by atoms with E-state index < -0.39 is 0 Å². The average Bonchev–Trinajstić information content (AvgIpc) is 2.29. The molecular weight excluding hydrogens is 208 g/mol. The van der Waals surface area contributed by atoms with Gasteiger partial charge in [0.2, 0.25) is 0 Å². The van der Waals surface area contributed by atoms with Gasteiger partial charge in [-0.1, -0.05) is 58.7 Å². The number of rotatable bonds is 6. The number of benzene rings is 1. The van der Waals surface area contributed by atoms with Crippen molar-refractivity contribution in [2.75, 3.05) is 0 Å². The monoisotopic (exact) mass is 234 g/mol. The molecule has 1 N–H and O–H groups in total. The number of hydrogen-bond acceptors (Lipinski definition) is 1. The third kappa shape index (κ3) is 3.49. The van der Waals surface area contributed by atoms with Crippen molar-refractivity contribution in [3.05, 3.63) is 29.3 Å². The predicted octanol–water partition coefficient (Wildman–Crippen LogP) is 5.20.